The maximum atomic E-state index is 5.70. The SMILES string of the molecule is c1cc(NC2CCC2)nc([C@H]2COCCN2Cc2ccsc2)n1. The van der Waals surface area contributed by atoms with E-state index in [0.29, 0.717) is 12.6 Å². The normalized spacial score (nSPS) is 22.7. The van der Waals surface area contributed by atoms with Crippen molar-refractivity contribution >= 4 is 17.2 Å². The van der Waals surface area contributed by atoms with E-state index >= 15 is 0 Å². The number of ether oxygens (including phenoxy) is 1. The number of rotatable bonds is 5. The van der Waals surface area contributed by atoms with Gasteiger partial charge in [-0.15, -0.1) is 0 Å². The molecule has 0 radical (unpaired) electrons. The summed E-state index contributed by atoms with van der Waals surface area (Å²) in [6.45, 7) is 3.29. The molecule has 1 N–H and O–H groups in total. The lowest BCUT2D eigenvalue weighted by atomic mass is 9.93. The molecular weight excluding hydrogens is 308 g/mol. The maximum absolute atomic E-state index is 5.70. The Morgan fingerprint density at radius 3 is 3.09 bits per heavy atom. The van der Waals surface area contributed by atoms with Gasteiger partial charge in [0.15, 0.2) is 0 Å². The van der Waals surface area contributed by atoms with E-state index in [1.54, 1.807) is 11.3 Å². The van der Waals surface area contributed by atoms with Crippen molar-refractivity contribution in [1.29, 1.82) is 0 Å². The number of nitrogens with zero attached hydrogens (tertiary/aromatic N) is 3. The molecule has 2 aliphatic rings. The topological polar surface area (TPSA) is 50.3 Å². The van der Waals surface area contributed by atoms with Crippen LogP contribution in [0.25, 0.3) is 0 Å². The number of hydrogen-bond acceptors (Lipinski definition) is 6. The fourth-order valence-corrected chi connectivity index (χ4v) is 3.72. The molecule has 0 spiro atoms. The minimum Gasteiger partial charge on any atom is -0.378 e. The summed E-state index contributed by atoms with van der Waals surface area (Å²) >= 11 is 1.74. The molecule has 23 heavy (non-hydrogen) atoms. The first kappa shape index (κ1) is 15.1. The fourth-order valence-electron chi connectivity index (χ4n) is 3.06. The van der Waals surface area contributed by atoms with E-state index in [9.17, 15) is 0 Å². The number of morpholine rings is 1. The van der Waals surface area contributed by atoms with Crippen molar-refractivity contribution in [3.63, 3.8) is 0 Å². The van der Waals surface area contributed by atoms with E-state index < -0.39 is 0 Å². The van der Waals surface area contributed by atoms with Crippen LogP contribution < -0.4 is 5.32 Å². The third-order valence-corrected chi connectivity index (χ3v) is 5.37. The smallest absolute Gasteiger partial charge is 0.150 e. The first-order valence-electron chi connectivity index (χ1n) is 8.31. The van der Waals surface area contributed by atoms with Gasteiger partial charge in [0.05, 0.1) is 19.3 Å². The van der Waals surface area contributed by atoms with E-state index in [2.05, 4.69) is 32.0 Å². The average molecular weight is 330 g/mol. The van der Waals surface area contributed by atoms with Gasteiger partial charge in [0.2, 0.25) is 0 Å². The zero-order valence-corrected chi connectivity index (χ0v) is 14.0. The Kier molecular flexibility index (Phi) is 4.55. The quantitative estimate of drug-likeness (QED) is 0.913. The van der Waals surface area contributed by atoms with Gasteiger partial charge in [-0.3, -0.25) is 4.90 Å². The van der Waals surface area contributed by atoms with Crippen molar-refractivity contribution in [3.05, 3.63) is 40.5 Å². The van der Waals surface area contributed by atoms with Gasteiger partial charge >= 0.3 is 0 Å². The van der Waals surface area contributed by atoms with Gasteiger partial charge in [-0.05, 0) is 47.7 Å². The highest BCUT2D eigenvalue weighted by atomic mass is 32.1. The van der Waals surface area contributed by atoms with E-state index in [1.165, 1.54) is 24.8 Å². The maximum Gasteiger partial charge on any atom is 0.150 e. The minimum atomic E-state index is 0.131. The van der Waals surface area contributed by atoms with Crippen LogP contribution in [0.5, 0.6) is 0 Å². The molecule has 2 fully saturated rings. The summed E-state index contributed by atoms with van der Waals surface area (Å²) in [5, 5.41) is 7.85. The number of hydrogen-bond donors (Lipinski definition) is 1. The monoisotopic (exact) mass is 330 g/mol. The molecule has 1 aliphatic heterocycles. The zero-order chi connectivity index (χ0) is 15.5. The molecule has 1 aliphatic carbocycles. The Hall–Kier alpha value is -1.50. The second-order valence-electron chi connectivity index (χ2n) is 6.27. The Bertz CT molecular complexity index is 629. The molecule has 6 heteroatoms. The molecule has 3 heterocycles. The summed E-state index contributed by atoms with van der Waals surface area (Å²) in [5.41, 5.74) is 1.35. The summed E-state index contributed by atoms with van der Waals surface area (Å²) in [6.07, 6.45) is 5.67. The molecular formula is C17H22N4OS. The lowest BCUT2D eigenvalue weighted by Gasteiger charge is -2.34. The Morgan fingerprint density at radius 2 is 2.30 bits per heavy atom. The molecule has 5 nitrogen and oxygen atoms in total. The molecule has 1 saturated carbocycles. The number of aromatic nitrogens is 2. The van der Waals surface area contributed by atoms with Gasteiger partial charge in [-0.2, -0.15) is 11.3 Å². The molecule has 122 valence electrons. The summed E-state index contributed by atoms with van der Waals surface area (Å²) in [6, 6.07) is 4.87. The zero-order valence-electron chi connectivity index (χ0n) is 13.1. The van der Waals surface area contributed by atoms with E-state index in [4.69, 9.17) is 9.72 Å². The number of anilines is 1. The van der Waals surface area contributed by atoms with E-state index in [0.717, 1.165) is 31.3 Å². The Morgan fingerprint density at radius 1 is 1.35 bits per heavy atom. The first-order valence-corrected chi connectivity index (χ1v) is 9.25. The summed E-state index contributed by atoms with van der Waals surface area (Å²) in [5.74, 6) is 1.81. The number of thiophene rings is 1. The lowest BCUT2D eigenvalue weighted by molar-refractivity contribution is -0.0158. The van der Waals surface area contributed by atoms with Crippen molar-refractivity contribution in [2.45, 2.75) is 37.9 Å². The van der Waals surface area contributed by atoms with Crippen LogP contribution in [0.3, 0.4) is 0 Å². The molecule has 2 aromatic rings. The largest absolute Gasteiger partial charge is 0.378 e. The van der Waals surface area contributed by atoms with Crippen LogP contribution in [0.2, 0.25) is 0 Å². The van der Waals surface area contributed by atoms with Crippen LogP contribution >= 0.6 is 11.3 Å². The van der Waals surface area contributed by atoms with Crippen molar-refractivity contribution in [3.8, 4) is 0 Å². The Balaban J connectivity index is 1.50. The van der Waals surface area contributed by atoms with Gasteiger partial charge in [0.25, 0.3) is 0 Å². The van der Waals surface area contributed by atoms with E-state index in [1.807, 2.05) is 12.3 Å². The van der Waals surface area contributed by atoms with Crippen LogP contribution in [0.15, 0.2) is 29.1 Å². The van der Waals surface area contributed by atoms with Crippen molar-refractivity contribution in [1.82, 2.24) is 14.9 Å². The van der Waals surface area contributed by atoms with Crippen LogP contribution in [0.4, 0.5) is 5.82 Å². The van der Waals surface area contributed by atoms with Crippen LogP contribution in [0.1, 0.15) is 36.7 Å². The molecule has 2 aromatic heterocycles. The molecule has 0 bridgehead atoms. The Labute approximate surface area is 140 Å². The summed E-state index contributed by atoms with van der Waals surface area (Å²) in [4.78, 5) is 11.7. The van der Waals surface area contributed by atoms with Crippen molar-refractivity contribution in [2.75, 3.05) is 25.1 Å². The predicted octanol–water partition coefficient (Wildman–Crippen LogP) is 3.08. The summed E-state index contributed by atoms with van der Waals surface area (Å²) in [7, 11) is 0. The standard InChI is InChI=1S/C17H22N4OS/c1-2-14(3-1)19-16-4-6-18-17(20-16)15-11-22-8-7-21(15)10-13-5-9-23-12-13/h4-6,9,12,14-15H,1-3,7-8,10-11H2,(H,18,19,20)/t15-/m1/s1. The predicted molar refractivity (Wildman–Crippen MR) is 91.6 cm³/mol. The van der Waals surface area contributed by atoms with Crippen LogP contribution in [-0.2, 0) is 11.3 Å². The second-order valence-corrected chi connectivity index (χ2v) is 7.05. The second kappa shape index (κ2) is 6.95. The van der Waals surface area contributed by atoms with Gasteiger partial charge < -0.3 is 10.1 Å². The van der Waals surface area contributed by atoms with Crippen molar-refractivity contribution in [2.24, 2.45) is 0 Å². The highest BCUT2D eigenvalue weighted by Gasteiger charge is 2.27. The van der Waals surface area contributed by atoms with E-state index in [-0.39, 0.29) is 6.04 Å². The summed E-state index contributed by atoms with van der Waals surface area (Å²) < 4.78 is 5.70. The van der Waals surface area contributed by atoms with Gasteiger partial charge in [-0.25, -0.2) is 9.97 Å². The molecule has 0 amide bonds. The van der Waals surface area contributed by atoms with Crippen LogP contribution in [0, 0.1) is 0 Å². The van der Waals surface area contributed by atoms with Gasteiger partial charge in [0, 0.05) is 25.3 Å². The molecule has 0 aromatic carbocycles. The highest BCUT2D eigenvalue weighted by Crippen LogP contribution is 2.26. The lowest BCUT2D eigenvalue weighted by Crippen LogP contribution is -2.40. The van der Waals surface area contributed by atoms with Crippen LogP contribution in [-0.4, -0.2) is 40.7 Å². The molecule has 0 unspecified atom stereocenters. The van der Waals surface area contributed by atoms with Gasteiger partial charge in [0.1, 0.15) is 11.6 Å². The highest BCUT2D eigenvalue weighted by molar-refractivity contribution is 7.07. The minimum absolute atomic E-state index is 0.131. The molecule has 4 rings (SSSR count). The third kappa shape index (κ3) is 3.54. The average Bonchev–Trinajstić information content (AvgIpc) is 3.05. The third-order valence-electron chi connectivity index (χ3n) is 4.63. The first-order chi connectivity index (χ1) is 11.4. The molecule has 1 saturated heterocycles. The fraction of sp³-hybridized carbons (Fsp3) is 0.529. The van der Waals surface area contributed by atoms with Crippen molar-refractivity contribution < 1.29 is 4.74 Å². The molecule has 1 atom stereocenters. The van der Waals surface area contributed by atoms with Gasteiger partial charge in [-0.1, -0.05) is 0 Å². The number of nitrogens with one attached hydrogen (secondary N) is 1.